The van der Waals surface area contributed by atoms with E-state index in [0.29, 0.717) is 19.3 Å². The summed E-state index contributed by atoms with van der Waals surface area (Å²) in [7, 11) is 0. The Balaban J connectivity index is 1.78. The van der Waals surface area contributed by atoms with Crippen molar-refractivity contribution in [2.45, 2.75) is 56.5 Å². The number of hydrogen-bond donors (Lipinski definition) is 1. The van der Waals surface area contributed by atoms with E-state index >= 15 is 0 Å². The van der Waals surface area contributed by atoms with Crippen LogP contribution in [0.2, 0.25) is 0 Å². The van der Waals surface area contributed by atoms with Crippen LogP contribution in [0.3, 0.4) is 0 Å². The largest absolute Gasteiger partial charge is 0.382 e. The highest BCUT2D eigenvalue weighted by Crippen LogP contribution is 2.33. The van der Waals surface area contributed by atoms with E-state index in [1.54, 1.807) is 0 Å². The zero-order valence-corrected chi connectivity index (χ0v) is 14.2. The van der Waals surface area contributed by atoms with E-state index < -0.39 is 5.60 Å². The summed E-state index contributed by atoms with van der Waals surface area (Å²) in [5.74, 6) is 0.138. The van der Waals surface area contributed by atoms with Gasteiger partial charge in [-0.05, 0) is 36.3 Å². The second-order valence-electron chi connectivity index (χ2n) is 7.02. The van der Waals surface area contributed by atoms with Crippen LogP contribution >= 0.6 is 0 Å². The van der Waals surface area contributed by atoms with E-state index in [-0.39, 0.29) is 11.7 Å². The summed E-state index contributed by atoms with van der Waals surface area (Å²) < 4.78 is 0. The van der Waals surface area contributed by atoms with Gasteiger partial charge < -0.3 is 5.11 Å². The van der Waals surface area contributed by atoms with Crippen molar-refractivity contribution in [3.63, 3.8) is 0 Å². The molecule has 1 atom stereocenters. The second-order valence-corrected chi connectivity index (χ2v) is 7.02. The molecule has 0 heterocycles. The summed E-state index contributed by atoms with van der Waals surface area (Å²) >= 11 is 0. The molecule has 2 heteroatoms. The number of carbonyl (C=O) groups is 1. The molecule has 3 rings (SSSR count). The van der Waals surface area contributed by atoms with Gasteiger partial charge in [0.05, 0.1) is 0 Å². The van der Waals surface area contributed by atoms with Crippen LogP contribution in [0.1, 0.15) is 55.6 Å². The molecule has 0 amide bonds. The van der Waals surface area contributed by atoms with Gasteiger partial charge in [-0.2, -0.15) is 0 Å². The van der Waals surface area contributed by atoms with E-state index in [1.165, 1.54) is 11.1 Å². The van der Waals surface area contributed by atoms with Gasteiger partial charge in [0.1, 0.15) is 5.60 Å². The monoisotopic (exact) mass is 322 g/mol. The zero-order valence-electron chi connectivity index (χ0n) is 14.2. The fourth-order valence-corrected chi connectivity index (χ4v) is 3.76. The van der Waals surface area contributed by atoms with E-state index in [2.05, 4.69) is 24.3 Å². The molecule has 1 saturated carbocycles. The average Bonchev–Trinajstić information content (AvgIpc) is 2.63. The minimum atomic E-state index is -1.10. The first-order valence-corrected chi connectivity index (χ1v) is 9.02. The highest BCUT2D eigenvalue weighted by Gasteiger charge is 2.37. The van der Waals surface area contributed by atoms with Crippen molar-refractivity contribution < 1.29 is 9.90 Å². The van der Waals surface area contributed by atoms with Crippen LogP contribution in [-0.4, -0.2) is 16.5 Å². The van der Waals surface area contributed by atoms with E-state index in [9.17, 15) is 9.90 Å². The number of hydrogen-bond acceptors (Lipinski definition) is 2. The number of benzene rings is 2. The Kier molecular flexibility index (Phi) is 5.47. The lowest BCUT2D eigenvalue weighted by Gasteiger charge is -2.32. The van der Waals surface area contributed by atoms with Crippen LogP contribution in [0, 0.1) is 0 Å². The Bertz CT molecular complexity index is 642. The standard InChI is InChI=1S/C22H26O2/c23-21(22(24)14-8-3-9-15-22)17-20(19-12-6-2-7-13-19)16-18-10-4-1-5-11-18/h1-2,4-7,10-13,20,24H,3,8-9,14-17H2/t20-/m0/s1. The molecule has 1 aliphatic rings. The SMILES string of the molecule is O=C(C[C@H](Cc1ccccc1)c1ccccc1)C1(O)CCCCC1. The first-order valence-electron chi connectivity index (χ1n) is 9.02. The summed E-state index contributed by atoms with van der Waals surface area (Å²) in [6.45, 7) is 0. The molecule has 0 aliphatic heterocycles. The van der Waals surface area contributed by atoms with E-state index in [4.69, 9.17) is 0 Å². The van der Waals surface area contributed by atoms with Gasteiger partial charge in [0, 0.05) is 6.42 Å². The topological polar surface area (TPSA) is 37.3 Å². The van der Waals surface area contributed by atoms with Crippen molar-refractivity contribution in [2.24, 2.45) is 0 Å². The highest BCUT2D eigenvalue weighted by atomic mass is 16.3. The molecule has 1 N–H and O–H groups in total. The van der Waals surface area contributed by atoms with Crippen molar-refractivity contribution >= 4 is 5.78 Å². The van der Waals surface area contributed by atoms with Gasteiger partial charge in [0.2, 0.25) is 0 Å². The third kappa shape index (κ3) is 4.12. The third-order valence-electron chi connectivity index (χ3n) is 5.23. The highest BCUT2D eigenvalue weighted by molar-refractivity contribution is 5.87. The molecule has 0 aromatic heterocycles. The van der Waals surface area contributed by atoms with Crippen molar-refractivity contribution in [1.82, 2.24) is 0 Å². The second kappa shape index (κ2) is 7.76. The number of ketones is 1. The number of carbonyl (C=O) groups excluding carboxylic acids is 1. The predicted octanol–water partition coefficient (Wildman–Crippen LogP) is 4.67. The van der Waals surface area contributed by atoms with Gasteiger partial charge in [0.25, 0.3) is 0 Å². The van der Waals surface area contributed by atoms with Gasteiger partial charge in [-0.3, -0.25) is 4.79 Å². The molecule has 0 bridgehead atoms. The van der Waals surface area contributed by atoms with Crippen LogP contribution in [0.4, 0.5) is 0 Å². The summed E-state index contributed by atoms with van der Waals surface area (Å²) in [5, 5.41) is 10.8. The predicted molar refractivity (Wildman–Crippen MR) is 97.0 cm³/mol. The van der Waals surface area contributed by atoms with Crippen LogP contribution in [0.25, 0.3) is 0 Å². The minimum Gasteiger partial charge on any atom is -0.382 e. The average molecular weight is 322 g/mol. The lowest BCUT2D eigenvalue weighted by atomic mass is 9.77. The zero-order chi connectivity index (χ0) is 16.8. The molecular weight excluding hydrogens is 296 g/mol. The van der Waals surface area contributed by atoms with Gasteiger partial charge >= 0.3 is 0 Å². The van der Waals surface area contributed by atoms with Crippen LogP contribution < -0.4 is 0 Å². The smallest absolute Gasteiger partial charge is 0.164 e. The van der Waals surface area contributed by atoms with Crippen LogP contribution in [0.5, 0.6) is 0 Å². The molecule has 0 radical (unpaired) electrons. The Morgan fingerprint density at radius 2 is 1.50 bits per heavy atom. The maximum atomic E-state index is 12.8. The maximum Gasteiger partial charge on any atom is 0.164 e. The number of aliphatic hydroxyl groups is 1. The van der Waals surface area contributed by atoms with Gasteiger partial charge in [0.15, 0.2) is 5.78 Å². The lowest BCUT2D eigenvalue weighted by molar-refractivity contribution is -0.141. The Morgan fingerprint density at radius 3 is 2.12 bits per heavy atom. The van der Waals surface area contributed by atoms with Crippen molar-refractivity contribution in [1.29, 1.82) is 0 Å². The van der Waals surface area contributed by atoms with Crippen LogP contribution in [-0.2, 0) is 11.2 Å². The van der Waals surface area contributed by atoms with Crippen LogP contribution in [0.15, 0.2) is 60.7 Å². The maximum absolute atomic E-state index is 12.8. The summed E-state index contributed by atoms with van der Waals surface area (Å²) in [6.07, 6.45) is 5.52. The quantitative estimate of drug-likeness (QED) is 0.839. The third-order valence-corrected chi connectivity index (χ3v) is 5.23. The van der Waals surface area contributed by atoms with Crippen molar-refractivity contribution in [3.05, 3.63) is 71.8 Å². The Hall–Kier alpha value is -1.93. The molecular formula is C22H26O2. The van der Waals surface area contributed by atoms with E-state index in [1.807, 2.05) is 36.4 Å². The molecule has 0 spiro atoms. The lowest BCUT2D eigenvalue weighted by Crippen LogP contribution is -2.41. The molecule has 2 aromatic carbocycles. The first-order chi connectivity index (χ1) is 11.7. The fourth-order valence-electron chi connectivity index (χ4n) is 3.76. The molecule has 126 valence electrons. The molecule has 0 saturated heterocycles. The summed E-state index contributed by atoms with van der Waals surface area (Å²) in [6, 6.07) is 20.5. The van der Waals surface area contributed by atoms with Crippen molar-refractivity contribution in [2.75, 3.05) is 0 Å². The van der Waals surface area contributed by atoms with E-state index in [0.717, 1.165) is 25.7 Å². The fraction of sp³-hybridized carbons (Fsp3) is 0.409. The Morgan fingerprint density at radius 1 is 0.917 bits per heavy atom. The minimum absolute atomic E-state index is 0.0204. The number of Topliss-reactive ketones (excluding diaryl/α,β-unsaturated/α-hetero) is 1. The molecule has 1 fully saturated rings. The van der Waals surface area contributed by atoms with Gasteiger partial charge in [-0.1, -0.05) is 79.9 Å². The first kappa shape index (κ1) is 16.9. The molecule has 0 unspecified atom stereocenters. The normalized spacial score (nSPS) is 18.0. The molecule has 2 aromatic rings. The molecule has 1 aliphatic carbocycles. The van der Waals surface area contributed by atoms with Crippen molar-refractivity contribution in [3.8, 4) is 0 Å². The summed E-state index contributed by atoms with van der Waals surface area (Å²) in [5.41, 5.74) is 1.31. The van der Waals surface area contributed by atoms with Gasteiger partial charge in [-0.15, -0.1) is 0 Å². The number of rotatable bonds is 6. The molecule has 24 heavy (non-hydrogen) atoms. The van der Waals surface area contributed by atoms with Gasteiger partial charge in [-0.25, -0.2) is 0 Å². The summed E-state index contributed by atoms with van der Waals surface area (Å²) in [4.78, 5) is 12.8. The Labute approximate surface area is 144 Å². The molecule has 2 nitrogen and oxygen atoms in total.